The van der Waals surface area contributed by atoms with Crippen LogP contribution in [0.4, 0.5) is 5.69 Å². The van der Waals surface area contributed by atoms with Crippen LogP contribution in [0.15, 0.2) is 34.0 Å². The fraction of sp³-hybridized carbons (Fsp3) is 0.385. The van der Waals surface area contributed by atoms with Gasteiger partial charge in [-0.25, -0.2) is 0 Å². The number of anilines is 1. The molecule has 2 rings (SSSR count). The number of para-hydroxylation sites is 1. The van der Waals surface area contributed by atoms with Crippen molar-refractivity contribution in [2.24, 2.45) is 0 Å². The monoisotopic (exact) mass is 313 g/mol. The van der Waals surface area contributed by atoms with Gasteiger partial charge in [0.2, 0.25) is 0 Å². The Kier molecular flexibility index (Phi) is 3.67. The molecule has 1 aliphatic heterocycles. The van der Waals surface area contributed by atoms with E-state index in [4.69, 9.17) is 0 Å². The maximum absolute atomic E-state index is 2.44. The third-order valence-corrected chi connectivity index (χ3v) is 3.79. The van der Waals surface area contributed by atoms with Crippen LogP contribution in [0, 0.1) is 0 Å². The van der Waals surface area contributed by atoms with Crippen molar-refractivity contribution in [2.75, 3.05) is 11.4 Å². The molecule has 0 radical (unpaired) electrons. The second-order valence-electron chi connectivity index (χ2n) is 3.86. The number of halogens is 1. The van der Waals surface area contributed by atoms with Crippen LogP contribution >= 0.6 is 22.6 Å². The predicted molar refractivity (Wildman–Crippen MR) is 74.5 cm³/mol. The van der Waals surface area contributed by atoms with Crippen molar-refractivity contribution >= 4 is 28.3 Å². The number of fused-ring (bicyclic) bond motifs is 1. The summed E-state index contributed by atoms with van der Waals surface area (Å²) in [6, 6.07) is 8.72. The maximum Gasteiger partial charge on any atom is 0.0765 e. The molecule has 15 heavy (non-hydrogen) atoms. The summed E-state index contributed by atoms with van der Waals surface area (Å²) in [5.74, 6) is 0. The highest BCUT2D eigenvalue weighted by Gasteiger charge is 2.16. The molecule has 0 saturated heterocycles. The Bertz CT molecular complexity index is 371. The van der Waals surface area contributed by atoms with Gasteiger partial charge in [0.15, 0.2) is 0 Å². The zero-order valence-electron chi connectivity index (χ0n) is 9.04. The van der Waals surface area contributed by atoms with Gasteiger partial charge in [0.25, 0.3) is 0 Å². The number of rotatable bonds is 3. The lowest BCUT2D eigenvalue weighted by molar-refractivity contribution is 0.773. The van der Waals surface area contributed by atoms with Gasteiger partial charge in [-0.05, 0) is 53.1 Å². The minimum absolute atomic E-state index is 1.08. The lowest BCUT2D eigenvalue weighted by Crippen LogP contribution is -2.24. The summed E-state index contributed by atoms with van der Waals surface area (Å²) in [5.41, 5.74) is 2.85. The third kappa shape index (κ3) is 2.36. The van der Waals surface area contributed by atoms with Crippen LogP contribution in [0.3, 0.4) is 0 Å². The molecule has 0 aromatic heterocycles. The van der Waals surface area contributed by atoms with Crippen molar-refractivity contribution < 1.29 is 0 Å². The highest BCUT2D eigenvalue weighted by Crippen LogP contribution is 2.32. The second kappa shape index (κ2) is 5.01. The van der Waals surface area contributed by atoms with Crippen molar-refractivity contribution in [3.05, 3.63) is 39.6 Å². The van der Waals surface area contributed by atoms with E-state index >= 15 is 0 Å². The molecule has 0 spiro atoms. The van der Waals surface area contributed by atoms with E-state index in [0.29, 0.717) is 0 Å². The summed E-state index contributed by atoms with van der Waals surface area (Å²) < 4.78 is 1.37. The van der Waals surface area contributed by atoms with Crippen LogP contribution < -0.4 is 4.90 Å². The molecule has 2 heteroatoms. The average molecular weight is 313 g/mol. The Morgan fingerprint density at radius 3 is 2.93 bits per heavy atom. The molecule has 0 amide bonds. The lowest BCUT2D eigenvalue weighted by atomic mass is 10.1. The smallest absolute Gasteiger partial charge is 0.0765 e. The first-order valence-corrected chi connectivity index (χ1v) is 6.62. The van der Waals surface area contributed by atoms with Crippen LogP contribution in [0.25, 0.3) is 0 Å². The normalized spacial score (nSPS) is 14.8. The highest BCUT2D eigenvalue weighted by atomic mass is 127. The number of benzene rings is 1. The molecule has 1 aromatic rings. The van der Waals surface area contributed by atoms with Crippen molar-refractivity contribution in [1.82, 2.24) is 0 Å². The Morgan fingerprint density at radius 1 is 1.33 bits per heavy atom. The molecular weight excluding hydrogens is 297 g/mol. The van der Waals surface area contributed by atoms with Gasteiger partial charge < -0.3 is 4.90 Å². The molecule has 0 fully saturated rings. The molecule has 0 N–H and O–H groups in total. The summed E-state index contributed by atoms with van der Waals surface area (Å²) in [7, 11) is 0. The number of allylic oxidation sites excluding steroid dienone is 1. The van der Waals surface area contributed by atoms with Crippen molar-refractivity contribution in [2.45, 2.75) is 26.2 Å². The van der Waals surface area contributed by atoms with E-state index in [0.717, 1.165) is 13.0 Å². The van der Waals surface area contributed by atoms with E-state index < -0.39 is 0 Å². The quantitative estimate of drug-likeness (QED) is 0.599. The van der Waals surface area contributed by atoms with E-state index in [-0.39, 0.29) is 0 Å². The van der Waals surface area contributed by atoms with Crippen molar-refractivity contribution in [3.8, 4) is 0 Å². The molecule has 0 aliphatic carbocycles. The Balaban J connectivity index is 2.26. The van der Waals surface area contributed by atoms with Gasteiger partial charge in [-0.2, -0.15) is 0 Å². The first-order chi connectivity index (χ1) is 7.33. The maximum atomic E-state index is 2.44. The zero-order chi connectivity index (χ0) is 10.7. The molecule has 0 saturated carbocycles. The average Bonchev–Trinajstić information content (AvgIpc) is 2.28. The zero-order valence-corrected chi connectivity index (χ0v) is 11.2. The van der Waals surface area contributed by atoms with Crippen LogP contribution in [0.1, 0.15) is 25.3 Å². The molecule has 0 unspecified atom stereocenters. The van der Waals surface area contributed by atoms with Gasteiger partial charge in [0, 0.05) is 12.2 Å². The summed E-state index contributed by atoms with van der Waals surface area (Å²) in [6.07, 6.45) is 5.91. The molecule has 1 nitrogen and oxygen atoms in total. The van der Waals surface area contributed by atoms with Gasteiger partial charge in [-0.1, -0.05) is 31.5 Å². The van der Waals surface area contributed by atoms with Gasteiger partial charge in [0.05, 0.1) is 3.70 Å². The number of hydrogen-bond acceptors (Lipinski definition) is 1. The van der Waals surface area contributed by atoms with Crippen LogP contribution in [-0.2, 0) is 6.42 Å². The number of unbranched alkanes of at least 4 members (excludes halogenated alkanes) is 1. The predicted octanol–water partition coefficient (Wildman–Crippen LogP) is 4.13. The van der Waals surface area contributed by atoms with Crippen LogP contribution in [-0.4, -0.2) is 6.54 Å². The SMILES string of the molecule is CCCCN1C(I)=CCc2ccccc21. The van der Waals surface area contributed by atoms with E-state index in [1.807, 2.05) is 0 Å². The molecule has 1 heterocycles. The van der Waals surface area contributed by atoms with Gasteiger partial charge in [0.1, 0.15) is 0 Å². The summed E-state index contributed by atoms with van der Waals surface area (Å²) in [6.45, 7) is 3.38. The summed E-state index contributed by atoms with van der Waals surface area (Å²) in [4.78, 5) is 2.43. The number of hydrogen-bond donors (Lipinski definition) is 0. The standard InChI is InChI=1S/C13H16IN/c1-2-3-10-15-12-7-5-4-6-11(12)8-9-13(15)14/h4-7,9H,2-3,8,10H2,1H3. The fourth-order valence-corrected chi connectivity index (χ4v) is 2.63. The number of nitrogens with zero attached hydrogens (tertiary/aromatic N) is 1. The van der Waals surface area contributed by atoms with E-state index in [9.17, 15) is 0 Å². The highest BCUT2D eigenvalue weighted by molar-refractivity contribution is 14.1. The largest absolute Gasteiger partial charge is 0.337 e. The van der Waals surface area contributed by atoms with E-state index in [2.05, 4.69) is 64.8 Å². The lowest BCUT2D eigenvalue weighted by Gasteiger charge is -2.29. The molecular formula is C13H16IN. The minimum atomic E-state index is 1.08. The van der Waals surface area contributed by atoms with E-state index in [1.54, 1.807) is 0 Å². The second-order valence-corrected chi connectivity index (χ2v) is 4.97. The Labute approximate surface area is 105 Å². The Hall–Kier alpha value is -0.510. The molecule has 80 valence electrons. The van der Waals surface area contributed by atoms with Gasteiger partial charge >= 0.3 is 0 Å². The summed E-state index contributed by atoms with van der Waals surface area (Å²) >= 11 is 2.44. The summed E-state index contributed by atoms with van der Waals surface area (Å²) in [5, 5.41) is 0. The fourth-order valence-electron chi connectivity index (χ4n) is 1.91. The topological polar surface area (TPSA) is 3.24 Å². The van der Waals surface area contributed by atoms with E-state index in [1.165, 1.54) is 27.8 Å². The van der Waals surface area contributed by atoms with Crippen LogP contribution in [0.2, 0.25) is 0 Å². The molecule has 0 atom stereocenters. The molecule has 0 bridgehead atoms. The molecule has 1 aliphatic rings. The third-order valence-electron chi connectivity index (χ3n) is 2.77. The van der Waals surface area contributed by atoms with Gasteiger partial charge in [-0.3, -0.25) is 0 Å². The van der Waals surface area contributed by atoms with Crippen molar-refractivity contribution in [3.63, 3.8) is 0 Å². The minimum Gasteiger partial charge on any atom is -0.337 e. The van der Waals surface area contributed by atoms with Crippen LogP contribution in [0.5, 0.6) is 0 Å². The molecule has 1 aromatic carbocycles. The van der Waals surface area contributed by atoms with Crippen molar-refractivity contribution in [1.29, 1.82) is 0 Å². The first-order valence-electron chi connectivity index (χ1n) is 5.54. The Morgan fingerprint density at radius 2 is 2.13 bits per heavy atom. The first kappa shape index (κ1) is 11.0. The van der Waals surface area contributed by atoms with Gasteiger partial charge in [-0.15, -0.1) is 0 Å².